The molecule has 1 aromatic heterocycles. The summed E-state index contributed by atoms with van der Waals surface area (Å²) < 4.78 is 1.44. The quantitative estimate of drug-likeness (QED) is 0.568. The van der Waals surface area contributed by atoms with Gasteiger partial charge in [0.05, 0.1) is 17.5 Å². The zero-order chi connectivity index (χ0) is 17.8. The molecule has 0 fully saturated rings. The fourth-order valence-corrected chi connectivity index (χ4v) is 2.40. The number of nitrogens with one attached hydrogen (secondary N) is 2. The van der Waals surface area contributed by atoms with Crippen molar-refractivity contribution in [2.75, 3.05) is 0 Å². The van der Waals surface area contributed by atoms with Crippen molar-refractivity contribution in [2.24, 2.45) is 5.10 Å². The molecule has 0 atom stereocenters. The Morgan fingerprint density at radius 2 is 1.76 bits per heavy atom. The van der Waals surface area contributed by atoms with Gasteiger partial charge in [-0.25, -0.2) is 10.1 Å². The van der Waals surface area contributed by atoms with Crippen molar-refractivity contribution in [2.45, 2.75) is 13.8 Å². The van der Waals surface area contributed by atoms with Crippen LogP contribution in [0.4, 0.5) is 0 Å². The summed E-state index contributed by atoms with van der Waals surface area (Å²) in [5, 5.41) is 6.92. The molecular formula is C19H18N4O2. The predicted octanol–water partition coefficient (Wildman–Crippen LogP) is 2.55. The van der Waals surface area contributed by atoms with Gasteiger partial charge in [0.2, 0.25) is 0 Å². The molecule has 25 heavy (non-hydrogen) atoms. The lowest BCUT2D eigenvalue weighted by Crippen LogP contribution is -2.20. The Hall–Kier alpha value is -3.41. The average Bonchev–Trinajstić information content (AvgIpc) is 2.91. The van der Waals surface area contributed by atoms with E-state index in [0.717, 1.165) is 11.3 Å². The minimum Gasteiger partial charge on any atom is -0.295 e. The number of H-pyrrole nitrogens is 1. The normalized spacial score (nSPS) is 11.0. The molecule has 3 rings (SSSR count). The van der Waals surface area contributed by atoms with Gasteiger partial charge in [0, 0.05) is 11.3 Å². The van der Waals surface area contributed by atoms with Gasteiger partial charge < -0.3 is 0 Å². The standard InChI is InChI=1S/C19H18N4O2/c1-13-8-10-15(11-9-13)18(24)21-20-12-17-14(2)22-23(19(17)25)16-6-4-3-5-7-16/h3-12,22H,1-2H3,(H,21,24). The molecule has 2 aromatic carbocycles. The van der Waals surface area contributed by atoms with Crippen LogP contribution < -0.4 is 11.0 Å². The van der Waals surface area contributed by atoms with Gasteiger partial charge in [-0.3, -0.25) is 14.7 Å². The topological polar surface area (TPSA) is 79.2 Å². The number of aromatic amines is 1. The number of aryl methyl sites for hydroxylation is 2. The smallest absolute Gasteiger partial charge is 0.280 e. The van der Waals surface area contributed by atoms with Crippen LogP contribution in [0.1, 0.15) is 27.2 Å². The Morgan fingerprint density at radius 3 is 2.44 bits per heavy atom. The van der Waals surface area contributed by atoms with Gasteiger partial charge in [-0.05, 0) is 38.1 Å². The second-order valence-corrected chi connectivity index (χ2v) is 5.69. The molecule has 6 nitrogen and oxygen atoms in total. The highest BCUT2D eigenvalue weighted by molar-refractivity contribution is 5.94. The minimum atomic E-state index is -0.326. The zero-order valence-corrected chi connectivity index (χ0v) is 14.0. The molecule has 3 aromatic rings. The molecule has 0 spiro atoms. The first-order chi connectivity index (χ1) is 12.1. The van der Waals surface area contributed by atoms with E-state index in [0.29, 0.717) is 16.8 Å². The number of amides is 1. The first kappa shape index (κ1) is 16.4. The fourth-order valence-electron chi connectivity index (χ4n) is 2.40. The minimum absolute atomic E-state index is 0.225. The Bertz CT molecular complexity index is 967. The largest absolute Gasteiger partial charge is 0.295 e. The van der Waals surface area contributed by atoms with E-state index in [1.54, 1.807) is 19.1 Å². The van der Waals surface area contributed by atoms with Crippen molar-refractivity contribution in [1.29, 1.82) is 0 Å². The molecule has 0 aliphatic heterocycles. The lowest BCUT2D eigenvalue weighted by atomic mass is 10.1. The maximum absolute atomic E-state index is 12.5. The Kier molecular flexibility index (Phi) is 4.61. The van der Waals surface area contributed by atoms with E-state index in [-0.39, 0.29) is 11.5 Å². The van der Waals surface area contributed by atoms with Crippen LogP contribution in [0.25, 0.3) is 5.69 Å². The lowest BCUT2D eigenvalue weighted by Gasteiger charge is -2.00. The SMILES string of the molecule is Cc1ccc(C(=O)NN=Cc2c(C)[nH]n(-c3ccccc3)c2=O)cc1. The number of carbonyl (C=O) groups is 1. The number of hydrogen-bond donors (Lipinski definition) is 2. The molecule has 0 radical (unpaired) electrons. The van der Waals surface area contributed by atoms with Gasteiger partial charge in [-0.2, -0.15) is 5.10 Å². The number of hydrogen-bond acceptors (Lipinski definition) is 3. The van der Waals surface area contributed by atoms with E-state index >= 15 is 0 Å². The van der Waals surface area contributed by atoms with Crippen LogP contribution in [0, 0.1) is 13.8 Å². The highest BCUT2D eigenvalue weighted by Crippen LogP contribution is 2.06. The molecular weight excluding hydrogens is 316 g/mol. The third-order valence-corrected chi connectivity index (χ3v) is 3.80. The molecule has 0 saturated carbocycles. The molecule has 126 valence electrons. The van der Waals surface area contributed by atoms with E-state index in [2.05, 4.69) is 15.6 Å². The Balaban J connectivity index is 1.78. The number of carbonyl (C=O) groups excluding carboxylic acids is 1. The molecule has 6 heteroatoms. The third-order valence-electron chi connectivity index (χ3n) is 3.80. The summed E-state index contributed by atoms with van der Waals surface area (Å²) in [5.74, 6) is -0.326. The van der Waals surface area contributed by atoms with Crippen LogP contribution in [-0.2, 0) is 0 Å². The summed E-state index contributed by atoms with van der Waals surface area (Å²) in [6.07, 6.45) is 1.36. The highest BCUT2D eigenvalue weighted by Gasteiger charge is 2.10. The maximum atomic E-state index is 12.5. The summed E-state index contributed by atoms with van der Waals surface area (Å²) in [7, 11) is 0. The van der Waals surface area contributed by atoms with Gasteiger partial charge in [0.25, 0.3) is 11.5 Å². The van der Waals surface area contributed by atoms with Crippen LogP contribution >= 0.6 is 0 Å². The van der Waals surface area contributed by atoms with Crippen molar-refractivity contribution in [3.05, 3.63) is 87.3 Å². The monoisotopic (exact) mass is 334 g/mol. The van der Waals surface area contributed by atoms with Crippen molar-refractivity contribution in [3.63, 3.8) is 0 Å². The summed E-state index contributed by atoms with van der Waals surface area (Å²) >= 11 is 0. The van der Waals surface area contributed by atoms with E-state index in [1.807, 2.05) is 49.4 Å². The number of para-hydroxylation sites is 1. The average molecular weight is 334 g/mol. The maximum Gasteiger partial charge on any atom is 0.280 e. The van der Waals surface area contributed by atoms with E-state index in [1.165, 1.54) is 10.9 Å². The molecule has 0 unspecified atom stereocenters. The molecule has 0 bridgehead atoms. The van der Waals surface area contributed by atoms with Crippen LogP contribution in [0.3, 0.4) is 0 Å². The van der Waals surface area contributed by atoms with Gasteiger partial charge in [-0.15, -0.1) is 0 Å². The summed E-state index contributed by atoms with van der Waals surface area (Å²) in [4.78, 5) is 24.5. The van der Waals surface area contributed by atoms with E-state index in [4.69, 9.17) is 0 Å². The lowest BCUT2D eigenvalue weighted by molar-refractivity contribution is 0.0955. The Morgan fingerprint density at radius 1 is 1.08 bits per heavy atom. The molecule has 1 heterocycles. The summed E-state index contributed by atoms with van der Waals surface area (Å²) in [6.45, 7) is 3.73. The first-order valence-electron chi connectivity index (χ1n) is 7.83. The van der Waals surface area contributed by atoms with Gasteiger partial charge >= 0.3 is 0 Å². The van der Waals surface area contributed by atoms with E-state index in [9.17, 15) is 9.59 Å². The van der Waals surface area contributed by atoms with Gasteiger partial charge in [0.15, 0.2) is 0 Å². The number of nitrogens with zero attached hydrogens (tertiary/aromatic N) is 2. The first-order valence-corrected chi connectivity index (χ1v) is 7.83. The predicted molar refractivity (Wildman–Crippen MR) is 97.4 cm³/mol. The van der Waals surface area contributed by atoms with E-state index < -0.39 is 0 Å². The van der Waals surface area contributed by atoms with Crippen molar-refractivity contribution >= 4 is 12.1 Å². The molecule has 1 amide bonds. The molecule has 0 saturated heterocycles. The van der Waals surface area contributed by atoms with Crippen molar-refractivity contribution < 1.29 is 4.79 Å². The van der Waals surface area contributed by atoms with Crippen molar-refractivity contribution in [3.8, 4) is 5.69 Å². The van der Waals surface area contributed by atoms with Crippen LogP contribution in [0.2, 0.25) is 0 Å². The molecule has 2 N–H and O–H groups in total. The zero-order valence-electron chi connectivity index (χ0n) is 14.0. The highest BCUT2D eigenvalue weighted by atomic mass is 16.2. The Labute approximate surface area is 144 Å². The number of hydrazone groups is 1. The number of rotatable bonds is 4. The summed E-state index contributed by atoms with van der Waals surface area (Å²) in [5.41, 5.74) is 5.60. The second kappa shape index (κ2) is 7.00. The summed E-state index contributed by atoms with van der Waals surface area (Å²) in [6, 6.07) is 16.4. The molecule has 0 aliphatic rings. The van der Waals surface area contributed by atoms with Crippen molar-refractivity contribution in [1.82, 2.24) is 15.2 Å². The van der Waals surface area contributed by atoms with Crippen LogP contribution in [0.15, 0.2) is 64.5 Å². The van der Waals surface area contributed by atoms with Gasteiger partial charge in [0.1, 0.15) is 0 Å². The number of aromatic nitrogens is 2. The second-order valence-electron chi connectivity index (χ2n) is 5.69. The number of benzene rings is 2. The van der Waals surface area contributed by atoms with Gasteiger partial charge in [-0.1, -0.05) is 35.9 Å². The fraction of sp³-hybridized carbons (Fsp3) is 0.105. The third kappa shape index (κ3) is 3.58. The van der Waals surface area contributed by atoms with Crippen LogP contribution in [0.5, 0.6) is 0 Å². The van der Waals surface area contributed by atoms with Crippen LogP contribution in [-0.4, -0.2) is 21.9 Å². The molecule has 0 aliphatic carbocycles.